The number of hydrogen-bond donors (Lipinski definition) is 1. The first-order chi connectivity index (χ1) is 8.95. The fourth-order valence-corrected chi connectivity index (χ4v) is 1.93. The number of carbonyl (C=O) groups is 1. The van der Waals surface area contributed by atoms with Gasteiger partial charge in [0, 0.05) is 0 Å². The fourth-order valence-electron chi connectivity index (χ4n) is 1.93. The number of carboxylic acid groups (broad SMARTS) is 1. The lowest BCUT2D eigenvalue weighted by Crippen LogP contribution is -1.99. The summed E-state index contributed by atoms with van der Waals surface area (Å²) in [7, 11) is 0. The number of hydrogen-bond acceptors (Lipinski definition) is 2. The van der Waals surface area contributed by atoms with Crippen molar-refractivity contribution >= 4 is 11.5 Å². The molecule has 0 aromatic heterocycles. The first kappa shape index (κ1) is 15.3. The van der Waals surface area contributed by atoms with Crippen LogP contribution in [0.4, 0.5) is 0 Å². The van der Waals surface area contributed by atoms with Crippen LogP contribution >= 0.6 is 0 Å². The molecule has 0 unspecified atom stereocenters. The zero-order valence-corrected chi connectivity index (χ0v) is 12.1. The monoisotopic (exact) mass is 262 g/mol. The average Bonchev–Trinajstić information content (AvgIpc) is 2.36. The maximum absolute atomic E-state index is 10.6. The summed E-state index contributed by atoms with van der Waals surface area (Å²) < 4.78 is 5.69. The van der Waals surface area contributed by atoms with Crippen molar-refractivity contribution in [3.63, 3.8) is 0 Å². The van der Waals surface area contributed by atoms with Crippen LogP contribution in [-0.4, -0.2) is 17.7 Å². The molecule has 1 aromatic rings. The molecule has 0 aliphatic carbocycles. The summed E-state index contributed by atoms with van der Waals surface area (Å²) in [5.74, 6) is 0.103. The second-order valence-corrected chi connectivity index (χ2v) is 4.77. The molecule has 0 saturated heterocycles. The predicted molar refractivity (Wildman–Crippen MR) is 77.6 cm³/mol. The van der Waals surface area contributed by atoms with E-state index in [1.165, 1.54) is 0 Å². The fraction of sp³-hybridized carbons (Fsp3) is 0.438. The lowest BCUT2D eigenvalue weighted by molar-refractivity contribution is -0.135. The van der Waals surface area contributed by atoms with E-state index in [2.05, 4.69) is 13.0 Å². The van der Waals surface area contributed by atoms with Gasteiger partial charge in [-0.3, -0.25) is 4.79 Å². The minimum absolute atomic E-state index is 0.0540. The van der Waals surface area contributed by atoms with Crippen LogP contribution in [0, 0.1) is 13.8 Å². The van der Waals surface area contributed by atoms with E-state index in [9.17, 15) is 4.79 Å². The summed E-state index contributed by atoms with van der Waals surface area (Å²) in [4.78, 5) is 10.6. The second kappa shape index (κ2) is 6.98. The van der Waals surface area contributed by atoms with Crippen molar-refractivity contribution in [2.24, 2.45) is 0 Å². The van der Waals surface area contributed by atoms with Crippen molar-refractivity contribution in [2.45, 2.75) is 40.5 Å². The Hall–Kier alpha value is -1.77. The third-order valence-corrected chi connectivity index (χ3v) is 2.99. The van der Waals surface area contributed by atoms with Crippen LogP contribution in [0.1, 0.15) is 43.4 Å². The van der Waals surface area contributed by atoms with Gasteiger partial charge in [0.2, 0.25) is 0 Å². The molecule has 0 aliphatic rings. The molecule has 1 N–H and O–H groups in total. The molecule has 3 heteroatoms. The summed E-state index contributed by atoms with van der Waals surface area (Å²) >= 11 is 0. The van der Waals surface area contributed by atoms with Gasteiger partial charge in [0.05, 0.1) is 13.0 Å². The van der Waals surface area contributed by atoms with Crippen molar-refractivity contribution in [3.8, 4) is 5.75 Å². The molecular weight excluding hydrogens is 240 g/mol. The maximum atomic E-state index is 10.6. The number of benzene rings is 1. The summed E-state index contributed by atoms with van der Waals surface area (Å²) in [6.45, 7) is 8.77. The molecule has 1 rings (SSSR count). The molecule has 0 heterocycles. The Balaban J connectivity index is 3.00. The highest BCUT2D eigenvalue weighted by atomic mass is 16.5. The number of carboxylic acids is 1. The van der Waals surface area contributed by atoms with Gasteiger partial charge in [-0.15, -0.1) is 0 Å². The van der Waals surface area contributed by atoms with E-state index in [1.54, 1.807) is 6.08 Å². The van der Waals surface area contributed by atoms with E-state index >= 15 is 0 Å². The van der Waals surface area contributed by atoms with Crippen molar-refractivity contribution in [2.75, 3.05) is 6.61 Å². The lowest BCUT2D eigenvalue weighted by Gasteiger charge is -2.13. The third-order valence-electron chi connectivity index (χ3n) is 2.99. The predicted octanol–water partition coefficient (Wildman–Crippen LogP) is 3.97. The Kier molecular flexibility index (Phi) is 5.61. The van der Waals surface area contributed by atoms with Crippen LogP contribution in [0.2, 0.25) is 0 Å². The van der Waals surface area contributed by atoms with Gasteiger partial charge in [0.15, 0.2) is 0 Å². The SMILES string of the molecule is CCCOc1cc(C)c(/C(C)=C/CC(=O)O)cc1C. The standard InChI is InChI=1S/C16H22O3/c1-5-8-19-15-10-12(3)14(9-13(15)4)11(2)6-7-16(17)18/h6,9-10H,5,7-8H2,1-4H3,(H,17,18)/b11-6+. The molecule has 19 heavy (non-hydrogen) atoms. The molecule has 0 atom stereocenters. The number of ether oxygens (including phenoxy) is 1. The van der Waals surface area contributed by atoms with Gasteiger partial charge in [-0.1, -0.05) is 13.0 Å². The summed E-state index contributed by atoms with van der Waals surface area (Å²) in [6, 6.07) is 4.09. The van der Waals surface area contributed by atoms with Gasteiger partial charge in [0.1, 0.15) is 5.75 Å². The second-order valence-electron chi connectivity index (χ2n) is 4.77. The first-order valence-electron chi connectivity index (χ1n) is 6.58. The molecular formula is C16H22O3. The van der Waals surface area contributed by atoms with Crippen LogP contribution < -0.4 is 4.74 Å². The summed E-state index contributed by atoms with van der Waals surface area (Å²) in [6.07, 6.45) is 2.78. The highest BCUT2D eigenvalue weighted by molar-refractivity contribution is 5.75. The Morgan fingerprint density at radius 1 is 1.32 bits per heavy atom. The molecule has 0 radical (unpaired) electrons. The molecule has 0 spiro atoms. The molecule has 3 nitrogen and oxygen atoms in total. The van der Waals surface area contributed by atoms with E-state index in [0.717, 1.165) is 34.4 Å². The number of allylic oxidation sites excluding steroid dienone is 1. The number of aliphatic carboxylic acids is 1. The van der Waals surface area contributed by atoms with Gasteiger partial charge in [-0.25, -0.2) is 0 Å². The topological polar surface area (TPSA) is 46.5 Å². The van der Waals surface area contributed by atoms with E-state index in [-0.39, 0.29) is 6.42 Å². The third kappa shape index (κ3) is 4.43. The maximum Gasteiger partial charge on any atom is 0.307 e. The minimum atomic E-state index is -0.809. The highest BCUT2D eigenvalue weighted by Gasteiger charge is 2.07. The number of aryl methyl sites for hydroxylation is 2. The highest BCUT2D eigenvalue weighted by Crippen LogP contribution is 2.27. The molecule has 104 valence electrons. The van der Waals surface area contributed by atoms with Crippen LogP contribution in [0.3, 0.4) is 0 Å². The van der Waals surface area contributed by atoms with Crippen LogP contribution in [-0.2, 0) is 4.79 Å². The van der Waals surface area contributed by atoms with E-state index in [4.69, 9.17) is 9.84 Å². The van der Waals surface area contributed by atoms with Crippen LogP contribution in [0.25, 0.3) is 5.57 Å². The zero-order valence-electron chi connectivity index (χ0n) is 12.1. The largest absolute Gasteiger partial charge is 0.493 e. The van der Waals surface area contributed by atoms with Crippen molar-refractivity contribution in [3.05, 3.63) is 34.9 Å². The minimum Gasteiger partial charge on any atom is -0.493 e. The Bertz CT molecular complexity index is 487. The molecule has 0 saturated carbocycles. The first-order valence-corrected chi connectivity index (χ1v) is 6.58. The normalized spacial score (nSPS) is 11.5. The number of rotatable bonds is 6. The van der Waals surface area contributed by atoms with E-state index in [1.807, 2.05) is 26.8 Å². The molecule has 0 aliphatic heterocycles. The summed E-state index contributed by atoms with van der Waals surface area (Å²) in [5.41, 5.74) is 4.26. The van der Waals surface area contributed by atoms with Crippen LogP contribution in [0.15, 0.2) is 18.2 Å². The average molecular weight is 262 g/mol. The van der Waals surface area contributed by atoms with Crippen molar-refractivity contribution < 1.29 is 14.6 Å². The van der Waals surface area contributed by atoms with E-state index < -0.39 is 5.97 Å². The zero-order chi connectivity index (χ0) is 14.4. The molecule has 0 bridgehead atoms. The summed E-state index contributed by atoms with van der Waals surface area (Å²) in [5, 5.41) is 8.71. The van der Waals surface area contributed by atoms with Gasteiger partial charge in [0.25, 0.3) is 0 Å². The van der Waals surface area contributed by atoms with Gasteiger partial charge >= 0.3 is 5.97 Å². The Morgan fingerprint density at radius 2 is 2.00 bits per heavy atom. The quantitative estimate of drug-likeness (QED) is 0.843. The Morgan fingerprint density at radius 3 is 2.58 bits per heavy atom. The van der Waals surface area contributed by atoms with Gasteiger partial charge < -0.3 is 9.84 Å². The van der Waals surface area contributed by atoms with Crippen LogP contribution in [0.5, 0.6) is 5.75 Å². The lowest BCUT2D eigenvalue weighted by atomic mass is 9.98. The molecule has 1 aromatic carbocycles. The van der Waals surface area contributed by atoms with Crippen molar-refractivity contribution in [1.82, 2.24) is 0 Å². The molecule has 0 amide bonds. The molecule has 0 fully saturated rings. The Labute approximate surface area is 114 Å². The van der Waals surface area contributed by atoms with Crippen molar-refractivity contribution in [1.29, 1.82) is 0 Å². The van der Waals surface area contributed by atoms with Gasteiger partial charge in [-0.05, 0) is 61.6 Å². The smallest absolute Gasteiger partial charge is 0.307 e. The van der Waals surface area contributed by atoms with E-state index in [0.29, 0.717) is 6.61 Å². The van der Waals surface area contributed by atoms with Gasteiger partial charge in [-0.2, -0.15) is 0 Å².